The fraction of sp³-hybridized carbons (Fsp3) is 0.429. The van der Waals surface area contributed by atoms with Crippen LogP contribution >= 0.6 is 0 Å². The predicted octanol–water partition coefficient (Wildman–Crippen LogP) is -0.128. The van der Waals surface area contributed by atoms with Crippen molar-refractivity contribution in [3.63, 3.8) is 0 Å². The van der Waals surface area contributed by atoms with E-state index in [9.17, 15) is 24.9 Å². The molecule has 1 aromatic carbocycles. The Hall–Kier alpha value is -3.32. The van der Waals surface area contributed by atoms with Gasteiger partial charge in [0.15, 0.2) is 24.0 Å². The Morgan fingerprint density at radius 3 is 2.64 bits per heavy atom. The predicted molar refractivity (Wildman–Crippen MR) is 116 cm³/mol. The Labute approximate surface area is 187 Å². The van der Waals surface area contributed by atoms with Crippen molar-refractivity contribution in [3.8, 4) is 5.75 Å². The quantitative estimate of drug-likeness (QED) is 0.323. The molecule has 176 valence electrons. The molecule has 12 heteroatoms. The number of ether oxygens (including phenoxy) is 2. The van der Waals surface area contributed by atoms with Crippen LogP contribution in [0.5, 0.6) is 5.75 Å². The summed E-state index contributed by atoms with van der Waals surface area (Å²) in [7, 11) is 0. The number of aromatic amines is 1. The zero-order valence-electron chi connectivity index (χ0n) is 18.0. The number of rotatable bonds is 7. The molecule has 1 aliphatic heterocycles. The van der Waals surface area contributed by atoms with E-state index in [2.05, 4.69) is 34.1 Å². The molecule has 1 saturated heterocycles. The molecule has 1 amide bonds. The molecule has 1 aliphatic rings. The minimum Gasteiger partial charge on any atom is -0.484 e. The standard InChI is InChI=1S/C21H25N5O7/c1-10(2)11-3-5-12(6-4-11)32-8-14(28)23-21-24-18-15(19(31)25-21)22-9-26(18)20-17(30)16(29)13(7-27)33-20/h3-6,9-10,13,16-17,20,27,29-30H,7-8H2,1-2H3,(H2,23,24,25,28,31)/t13-,16?,17+,20-/m1/s1. The van der Waals surface area contributed by atoms with Crippen molar-refractivity contribution >= 4 is 23.0 Å². The maximum absolute atomic E-state index is 12.4. The van der Waals surface area contributed by atoms with Crippen LogP contribution in [0.25, 0.3) is 11.2 Å². The third-order valence-corrected chi connectivity index (χ3v) is 5.40. The molecular formula is C21H25N5O7. The number of carbonyl (C=O) groups excluding carboxylic acids is 1. The minimum atomic E-state index is -1.38. The molecule has 0 radical (unpaired) electrons. The number of H-pyrrole nitrogens is 1. The van der Waals surface area contributed by atoms with Crippen LogP contribution in [-0.4, -0.2) is 72.3 Å². The van der Waals surface area contributed by atoms with E-state index in [0.29, 0.717) is 11.7 Å². The van der Waals surface area contributed by atoms with Crippen LogP contribution in [0.3, 0.4) is 0 Å². The lowest BCUT2D eigenvalue weighted by Gasteiger charge is -2.16. The topological polar surface area (TPSA) is 172 Å². The molecule has 0 aliphatic carbocycles. The average Bonchev–Trinajstić information content (AvgIpc) is 3.33. The number of anilines is 1. The molecule has 12 nitrogen and oxygen atoms in total. The Bertz CT molecular complexity index is 1190. The maximum Gasteiger partial charge on any atom is 0.280 e. The van der Waals surface area contributed by atoms with E-state index in [4.69, 9.17) is 9.47 Å². The van der Waals surface area contributed by atoms with Crippen LogP contribution in [0.1, 0.15) is 31.6 Å². The van der Waals surface area contributed by atoms with Gasteiger partial charge in [-0.15, -0.1) is 0 Å². The van der Waals surface area contributed by atoms with Gasteiger partial charge in [-0.1, -0.05) is 26.0 Å². The van der Waals surface area contributed by atoms with Gasteiger partial charge in [0.2, 0.25) is 5.95 Å². The molecule has 33 heavy (non-hydrogen) atoms. The van der Waals surface area contributed by atoms with Crippen LogP contribution in [-0.2, 0) is 9.53 Å². The van der Waals surface area contributed by atoms with Crippen LogP contribution in [0, 0.1) is 0 Å². The molecule has 3 aromatic rings. The van der Waals surface area contributed by atoms with Crippen molar-refractivity contribution < 1.29 is 29.6 Å². The van der Waals surface area contributed by atoms with E-state index in [0.717, 1.165) is 5.56 Å². The van der Waals surface area contributed by atoms with E-state index in [-0.39, 0.29) is 23.7 Å². The lowest BCUT2D eigenvalue weighted by Crippen LogP contribution is -2.33. The first kappa shape index (κ1) is 22.9. The number of nitrogens with one attached hydrogen (secondary N) is 2. The van der Waals surface area contributed by atoms with Gasteiger partial charge in [-0.25, -0.2) is 4.98 Å². The van der Waals surface area contributed by atoms with Gasteiger partial charge >= 0.3 is 0 Å². The van der Waals surface area contributed by atoms with Crippen LogP contribution in [0.15, 0.2) is 35.4 Å². The van der Waals surface area contributed by atoms with Crippen molar-refractivity contribution in [2.24, 2.45) is 0 Å². The molecule has 4 rings (SSSR count). The summed E-state index contributed by atoms with van der Waals surface area (Å²) in [5.74, 6) is 0.199. The van der Waals surface area contributed by atoms with Crippen LogP contribution in [0.4, 0.5) is 5.95 Å². The third-order valence-electron chi connectivity index (χ3n) is 5.40. The molecule has 4 atom stereocenters. The number of aliphatic hydroxyl groups is 3. The average molecular weight is 459 g/mol. The summed E-state index contributed by atoms with van der Waals surface area (Å²) in [5.41, 5.74) is 0.500. The first-order valence-electron chi connectivity index (χ1n) is 10.4. The van der Waals surface area contributed by atoms with Gasteiger partial charge in [0.05, 0.1) is 12.9 Å². The normalized spacial score (nSPS) is 22.7. The van der Waals surface area contributed by atoms with Crippen LogP contribution < -0.4 is 15.6 Å². The summed E-state index contributed by atoms with van der Waals surface area (Å²) in [4.78, 5) is 35.3. The second-order valence-electron chi connectivity index (χ2n) is 8.03. The van der Waals surface area contributed by atoms with E-state index < -0.39 is 42.6 Å². The first-order chi connectivity index (χ1) is 15.8. The fourth-order valence-corrected chi connectivity index (χ4v) is 3.55. The molecule has 0 bridgehead atoms. The summed E-state index contributed by atoms with van der Waals surface area (Å²) < 4.78 is 12.2. The summed E-state index contributed by atoms with van der Waals surface area (Å²) >= 11 is 0. The Kier molecular flexibility index (Phi) is 6.42. The number of nitrogens with zero attached hydrogens (tertiary/aromatic N) is 3. The molecule has 2 aromatic heterocycles. The van der Waals surface area contributed by atoms with E-state index in [1.165, 1.54) is 10.9 Å². The number of hydrogen-bond donors (Lipinski definition) is 5. The summed E-state index contributed by atoms with van der Waals surface area (Å²) in [6.45, 7) is 3.34. The highest BCUT2D eigenvalue weighted by Gasteiger charge is 2.44. The van der Waals surface area contributed by atoms with Crippen molar-refractivity contribution in [1.29, 1.82) is 0 Å². The SMILES string of the molecule is CC(C)c1ccc(OCC(=O)Nc2nc3c(ncn3[C@@H]3O[C@H](CO)C(O)[C@@H]3O)c(=O)[nH]2)cc1. The highest BCUT2D eigenvalue weighted by molar-refractivity contribution is 5.90. The number of fused-ring (bicyclic) bond motifs is 1. The minimum absolute atomic E-state index is 0.0223. The first-order valence-corrected chi connectivity index (χ1v) is 10.4. The number of carbonyl (C=O) groups is 1. The maximum atomic E-state index is 12.4. The number of aliphatic hydroxyl groups excluding tert-OH is 3. The molecule has 1 unspecified atom stereocenters. The second kappa shape index (κ2) is 9.27. The van der Waals surface area contributed by atoms with Gasteiger partial charge in [-0.05, 0) is 23.6 Å². The van der Waals surface area contributed by atoms with Crippen molar-refractivity contribution in [3.05, 3.63) is 46.5 Å². The lowest BCUT2D eigenvalue weighted by atomic mass is 10.0. The zero-order valence-corrected chi connectivity index (χ0v) is 18.0. The monoisotopic (exact) mass is 459 g/mol. The highest BCUT2D eigenvalue weighted by Crippen LogP contribution is 2.30. The van der Waals surface area contributed by atoms with E-state index >= 15 is 0 Å². The smallest absolute Gasteiger partial charge is 0.280 e. The highest BCUT2D eigenvalue weighted by atomic mass is 16.6. The molecule has 0 saturated carbocycles. The van der Waals surface area contributed by atoms with Gasteiger partial charge < -0.3 is 24.8 Å². The molecular weight excluding hydrogens is 434 g/mol. The number of imidazole rings is 1. The third kappa shape index (κ3) is 4.59. The summed E-state index contributed by atoms with van der Waals surface area (Å²) in [6, 6.07) is 7.39. The van der Waals surface area contributed by atoms with Crippen LogP contribution in [0.2, 0.25) is 0 Å². The fourth-order valence-electron chi connectivity index (χ4n) is 3.55. The van der Waals surface area contributed by atoms with E-state index in [1.807, 2.05) is 12.1 Å². The van der Waals surface area contributed by atoms with Gasteiger partial charge in [0.1, 0.15) is 24.1 Å². The molecule has 3 heterocycles. The largest absolute Gasteiger partial charge is 0.484 e. The second-order valence-corrected chi connectivity index (χ2v) is 8.03. The number of amides is 1. The van der Waals surface area contributed by atoms with Crippen molar-refractivity contribution in [1.82, 2.24) is 19.5 Å². The van der Waals surface area contributed by atoms with Gasteiger partial charge in [0, 0.05) is 0 Å². The van der Waals surface area contributed by atoms with Crippen molar-refractivity contribution in [2.45, 2.75) is 44.3 Å². The molecule has 0 spiro atoms. The molecule has 5 N–H and O–H groups in total. The van der Waals surface area contributed by atoms with Gasteiger partial charge in [0.25, 0.3) is 11.5 Å². The van der Waals surface area contributed by atoms with E-state index in [1.54, 1.807) is 12.1 Å². The Balaban J connectivity index is 1.49. The molecule has 1 fully saturated rings. The number of hydrogen-bond acceptors (Lipinski definition) is 9. The van der Waals surface area contributed by atoms with Gasteiger partial charge in [-0.2, -0.15) is 4.98 Å². The zero-order chi connectivity index (χ0) is 23.7. The van der Waals surface area contributed by atoms with Gasteiger partial charge in [-0.3, -0.25) is 24.5 Å². The van der Waals surface area contributed by atoms with Crippen molar-refractivity contribution in [2.75, 3.05) is 18.5 Å². The lowest BCUT2D eigenvalue weighted by molar-refractivity contribution is -0.118. The number of benzene rings is 1. The number of aromatic nitrogens is 4. The Morgan fingerprint density at radius 1 is 1.27 bits per heavy atom. The summed E-state index contributed by atoms with van der Waals surface area (Å²) in [6.07, 6.45) is -3.62. The Morgan fingerprint density at radius 2 is 2.00 bits per heavy atom. The summed E-state index contributed by atoms with van der Waals surface area (Å²) in [5, 5.41) is 32.0.